The van der Waals surface area contributed by atoms with E-state index in [1.54, 1.807) is 7.11 Å². The second-order valence-electron chi connectivity index (χ2n) is 3.49. The van der Waals surface area contributed by atoms with Crippen LogP contribution in [0, 0.1) is 0 Å². The fraction of sp³-hybridized carbons (Fsp3) is 0.167. The molecule has 2 rings (SSSR count). The molecular formula is C12H11BrN2O2S. The molecule has 0 atom stereocenters. The monoisotopic (exact) mass is 326 g/mol. The molecule has 94 valence electrons. The smallest absolute Gasteiger partial charge is 0.251 e. The molecule has 0 aliphatic carbocycles. The molecule has 0 aliphatic heterocycles. The third-order valence-corrected chi connectivity index (χ3v) is 3.97. The molecule has 1 aromatic carbocycles. The van der Waals surface area contributed by atoms with Gasteiger partial charge < -0.3 is 9.72 Å². The quantitative estimate of drug-likeness (QED) is 0.693. The molecular weight excluding hydrogens is 316 g/mol. The normalized spacial score (nSPS) is 10.3. The maximum Gasteiger partial charge on any atom is 0.251 e. The summed E-state index contributed by atoms with van der Waals surface area (Å²) in [6.07, 6.45) is 1.50. The first kappa shape index (κ1) is 13.2. The Kier molecular flexibility index (Phi) is 4.43. The fourth-order valence-corrected chi connectivity index (χ4v) is 2.77. The van der Waals surface area contributed by atoms with Gasteiger partial charge in [-0.1, -0.05) is 27.7 Å². The lowest BCUT2D eigenvalue weighted by atomic mass is 10.2. The number of ether oxygens (including phenoxy) is 1. The third-order valence-electron chi connectivity index (χ3n) is 2.27. The zero-order chi connectivity index (χ0) is 13.0. The highest BCUT2D eigenvalue weighted by Gasteiger charge is 2.04. The van der Waals surface area contributed by atoms with Crippen LogP contribution in [0.5, 0.6) is 5.75 Å². The van der Waals surface area contributed by atoms with Crippen molar-refractivity contribution >= 4 is 27.7 Å². The Hall–Kier alpha value is -1.27. The molecule has 1 N–H and O–H groups in total. The second kappa shape index (κ2) is 6.06. The largest absolute Gasteiger partial charge is 0.497 e. The number of halogens is 1. The van der Waals surface area contributed by atoms with E-state index in [1.807, 2.05) is 18.2 Å². The zero-order valence-electron chi connectivity index (χ0n) is 9.64. The average molecular weight is 327 g/mol. The number of hydrogen-bond acceptors (Lipinski definition) is 4. The van der Waals surface area contributed by atoms with E-state index in [4.69, 9.17) is 4.74 Å². The summed E-state index contributed by atoms with van der Waals surface area (Å²) in [6.45, 7) is 0. The maximum absolute atomic E-state index is 11.1. The van der Waals surface area contributed by atoms with Gasteiger partial charge in [0.2, 0.25) is 0 Å². The standard InChI is InChI=1S/C12H11BrN2O2S/c1-17-9-2-3-10(13)8(6-9)7-18-12-14-5-4-11(16)15-12/h2-6H,7H2,1H3,(H,14,15,16). The van der Waals surface area contributed by atoms with Gasteiger partial charge in [0, 0.05) is 22.5 Å². The molecule has 1 aromatic heterocycles. The van der Waals surface area contributed by atoms with E-state index in [0.717, 1.165) is 15.8 Å². The minimum Gasteiger partial charge on any atom is -0.497 e. The topological polar surface area (TPSA) is 55.0 Å². The number of thioether (sulfide) groups is 1. The van der Waals surface area contributed by atoms with Crippen LogP contribution in [0.1, 0.15) is 5.56 Å². The Balaban J connectivity index is 2.12. The van der Waals surface area contributed by atoms with Crippen molar-refractivity contribution in [3.05, 3.63) is 50.9 Å². The van der Waals surface area contributed by atoms with Crippen molar-refractivity contribution in [2.24, 2.45) is 0 Å². The van der Waals surface area contributed by atoms with Gasteiger partial charge in [-0.3, -0.25) is 4.79 Å². The molecule has 18 heavy (non-hydrogen) atoms. The Morgan fingerprint density at radius 1 is 1.44 bits per heavy atom. The lowest BCUT2D eigenvalue weighted by Gasteiger charge is -2.06. The number of aromatic nitrogens is 2. The minimum absolute atomic E-state index is 0.141. The number of hydrogen-bond donors (Lipinski definition) is 1. The summed E-state index contributed by atoms with van der Waals surface area (Å²) in [6, 6.07) is 7.18. The second-order valence-corrected chi connectivity index (χ2v) is 5.30. The number of nitrogens with zero attached hydrogens (tertiary/aromatic N) is 1. The van der Waals surface area contributed by atoms with Crippen LogP contribution in [0.15, 0.2) is 44.9 Å². The van der Waals surface area contributed by atoms with E-state index >= 15 is 0 Å². The summed E-state index contributed by atoms with van der Waals surface area (Å²) in [5.74, 6) is 1.51. The number of H-pyrrole nitrogens is 1. The van der Waals surface area contributed by atoms with Gasteiger partial charge in [-0.15, -0.1) is 0 Å². The highest BCUT2D eigenvalue weighted by molar-refractivity contribution is 9.10. The first-order valence-electron chi connectivity index (χ1n) is 5.19. The zero-order valence-corrected chi connectivity index (χ0v) is 12.0. The van der Waals surface area contributed by atoms with Crippen LogP contribution in [0.25, 0.3) is 0 Å². The van der Waals surface area contributed by atoms with Gasteiger partial charge in [-0.05, 0) is 23.8 Å². The van der Waals surface area contributed by atoms with Gasteiger partial charge >= 0.3 is 0 Å². The van der Waals surface area contributed by atoms with Crippen molar-refractivity contribution in [2.45, 2.75) is 10.9 Å². The Morgan fingerprint density at radius 3 is 3.00 bits per heavy atom. The van der Waals surface area contributed by atoms with Crippen LogP contribution >= 0.6 is 27.7 Å². The van der Waals surface area contributed by atoms with Crippen LogP contribution in [0.4, 0.5) is 0 Å². The lowest BCUT2D eigenvalue weighted by molar-refractivity contribution is 0.414. The van der Waals surface area contributed by atoms with Gasteiger partial charge in [0.15, 0.2) is 5.16 Å². The number of benzene rings is 1. The SMILES string of the molecule is COc1ccc(Br)c(CSc2nccc(=O)[nH]2)c1. The predicted molar refractivity (Wildman–Crippen MR) is 75.1 cm³/mol. The average Bonchev–Trinajstić information content (AvgIpc) is 2.38. The summed E-state index contributed by atoms with van der Waals surface area (Å²) in [5, 5.41) is 0.609. The number of aromatic amines is 1. The highest BCUT2D eigenvalue weighted by Crippen LogP contribution is 2.27. The van der Waals surface area contributed by atoms with Crippen molar-refractivity contribution in [1.29, 1.82) is 0 Å². The molecule has 0 radical (unpaired) electrons. The van der Waals surface area contributed by atoms with E-state index in [-0.39, 0.29) is 5.56 Å². The lowest BCUT2D eigenvalue weighted by Crippen LogP contribution is -2.05. The van der Waals surface area contributed by atoms with Gasteiger partial charge in [-0.25, -0.2) is 4.98 Å². The van der Waals surface area contributed by atoms with Crippen molar-refractivity contribution in [2.75, 3.05) is 7.11 Å². The Labute approximate surface area is 117 Å². The molecule has 0 unspecified atom stereocenters. The van der Waals surface area contributed by atoms with Gasteiger partial charge in [0.25, 0.3) is 5.56 Å². The molecule has 0 saturated heterocycles. The molecule has 4 nitrogen and oxygen atoms in total. The molecule has 0 fully saturated rings. The number of nitrogens with one attached hydrogen (secondary N) is 1. The molecule has 0 aliphatic rings. The van der Waals surface area contributed by atoms with Crippen LogP contribution < -0.4 is 10.3 Å². The van der Waals surface area contributed by atoms with E-state index < -0.39 is 0 Å². The fourth-order valence-electron chi connectivity index (χ4n) is 1.36. The third kappa shape index (κ3) is 3.36. The molecule has 6 heteroatoms. The van der Waals surface area contributed by atoms with Crippen molar-refractivity contribution < 1.29 is 4.74 Å². The van der Waals surface area contributed by atoms with Crippen molar-refractivity contribution in [1.82, 2.24) is 9.97 Å². The highest BCUT2D eigenvalue weighted by atomic mass is 79.9. The van der Waals surface area contributed by atoms with Crippen LogP contribution in [0.3, 0.4) is 0 Å². The molecule has 1 heterocycles. The first-order valence-corrected chi connectivity index (χ1v) is 6.97. The van der Waals surface area contributed by atoms with E-state index in [1.165, 1.54) is 24.0 Å². The van der Waals surface area contributed by atoms with E-state index in [0.29, 0.717) is 10.9 Å². The predicted octanol–water partition coefficient (Wildman–Crippen LogP) is 2.83. The molecule has 2 aromatic rings. The Bertz CT molecular complexity index is 601. The number of rotatable bonds is 4. The van der Waals surface area contributed by atoms with Crippen molar-refractivity contribution in [3.8, 4) is 5.75 Å². The molecule has 0 spiro atoms. The first-order chi connectivity index (χ1) is 8.69. The Morgan fingerprint density at radius 2 is 2.28 bits per heavy atom. The molecule has 0 amide bonds. The van der Waals surface area contributed by atoms with Crippen molar-refractivity contribution in [3.63, 3.8) is 0 Å². The van der Waals surface area contributed by atoms with Gasteiger partial charge in [0.1, 0.15) is 5.75 Å². The maximum atomic E-state index is 11.1. The van der Waals surface area contributed by atoms with E-state index in [9.17, 15) is 4.79 Å². The van der Waals surface area contributed by atoms with E-state index in [2.05, 4.69) is 25.9 Å². The summed E-state index contributed by atoms with van der Waals surface area (Å²) in [5.41, 5.74) is 0.947. The molecule has 0 bridgehead atoms. The summed E-state index contributed by atoms with van der Waals surface area (Å²) in [4.78, 5) is 17.9. The van der Waals surface area contributed by atoms with Crippen LogP contribution in [-0.4, -0.2) is 17.1 Å². The summed E-state index contributed by atoms with van der Waals surface area (Å²) < 4.78 is 6.19. The minimum atomic E-state index is -0.141. The number of methoxy groups -OCH3 is 1. The summed E-state index contributed by atoms with van der Waals surface area (Å²) in [7, 11) is 1.64. The van der Waals surface area contributed by atoms with Crippen LogP contribution in [-0.2, 0) is 5.75 Å². The van der Waals surface area contributed by atoms with Gasteiger partial charge in [0.05, 0.1) is 7.11 Å². The molecule has 0 saturated carbocycles. The van der Waals surface area contributed by atoms with Gasteiger partial charge in [-0.2, -0.15) is 0 Å². The summed E-state index contributed by atoms with van der Waals surface area (Å²) >= 11 is 4.96. The van der Waals surface area contributed by atoms with Crippen LogP contribution in [0.2, 0.25) is 0 Å².